The fourth-order valence-electron chi connectivity index (χ4n) is 2.94. The van der Waals surface area contributed by atoms with E-state index in [0.29, 0.717) is 11.7 Å². The van der Waals surface area contributed by atoms with Crippen molar-refractivity contribution in [3.05, 3.63) is 84.2 Å². The average molecular weight is 409 g/mol. The van der Waals surface area contributed by atoms with Crippen molar-refractivity contribution in [1.82, 2.24) is 20.1 Å². The van der Waals surface area contributed by atoms with Crippen molar-refractivity contribution in [3.63, 3.8) is 0 Å². The first kappa shape index (κ1) is 20.7. The van der Waals surface area contributed by atoms with Crippen LogP contribution in [0.2, 0.25) is 0 Å². The van der Waals surface area contributed by atoms with Gasteiger partial charge >= 0.3 is 0 Å². The molecule has 0 saturated heterocycles. The molecule has 0 aliphatic carbocycles. The number of hydrogen-bond donors (Lipinski definition) is 1. The summed E-state index contributed by atoms with van der Waals surface area (Å²) in [5.74, 6) is 1.74. The molecular formula is C22H24N4O2S. The molecule has 0 spiro atoms. The van der Waals surface area contributed by atoms with E-state index in [0.717, 1.165) is 22.7 Å². The Morgan fingerprint density at radius 1 is 1.17 bits per heavy atom. The van der Waals surface area contributed by atoms with Crippen LogP contribution in [-0.2, 0) is 11.3 Å². The number of nitrogens with one attached hydrogen (secondary N) is 1. The quantitative estimate of drug-likeness (QED) is 0.431. The summed E-state index contributed by atoms with van der Waals surface area (Å²) >= 11 is 1.36. The largest absolute Gasteiger partial charge is 0.497 e. The van der Waals surface area contributed by atoms with Gasteiger partial charge in [-0.25, -0.2) is 0 Å². The molecule has 1 heterocycles. The third kappa shape index (κ3) is 5.26. The highest BCUT2D eigenvalue weighted by Gasteiger charge is 2.18. The van der Waals surface area contributed by atoms with Crippen LogP contribution in [0, 0.1) is 6.92 Å². The number of carbonyl (C=O) groups excluding carboxylic acids is 1. The molecule has 1 amide bonds. The molecular weight excluding hydrogens is 384 g/mol. The minimum Gasteiger partial charge on any atom is -0.497 e. The normalized spacial score (nSPS) is 11.7. The average Bonchev–Trinajstić information content (AvgIpc) is 3.11. The van der Waals surface area contributed by atoms with Gasteiger partial charge in [0.1, 0.15) is 11.6 Å². The van der Waals surface area contributed by atoms with Crippen LogP contribution in [0.15, 0.2) is 72.4 Å². The third-order valence-electron chi connectivity index (χ3n) is 4.43. The number of nitrogens with zero attached hydrogens (tertiary/aromatic N) is 3. The molecule has 150 valence electrons. The molecule has 6 nitrogen and oxygen atoms in total. The molecule has 7 heteroatoms. The van der Waals surface area contributed by atoms with Gasteiger partial charge in [-0.2, -0.15) is 0 Å². The third-order valence-corrected chi connectivity index (χ3v) is 5.40. The summed E-state index contributed by atoms with van der Waals surface area (Å²) in [6, 6.07) is 17.4. The van der Waals surface area contributed by atoms with Crippen molar-refractivity contribution in [1.29, 1.82) is 0 Å². The standard InChI is InChI=1S/C22H24N4O2S/c1-4-14-26-16(2)24-25-22(26)29-15-20(27)23-21(17-8-6-5-7-9-17)18-10-12-19(28-3)13-11-18/h4-13,21H,1,14-15H2,2-3H3,(H,23,27)/t21-/m0/s1. The fourth-order valence-corrected chi connectivity index (χ4v) is 3.75. The molecule has 29 heavy (non-hydrogen) atoms. The lowest BCUT2D eigenvalue weighted by molar-refractivity contribution is -0.119. The number of aryl methyl sites for hydroxylation is 1. The topological polar surface area (TPSA) is 69.0 Å². The molecule has 1 N–H and O–H groups in total. The molecule has 0 bridgehead atoms. The maximum absolute atomic E-state index is 12.7. The number of ether oxygens (including phenoxy) is 1. The summed E-state index contributed by atoms with van der Waals surface area (Å²) in [4.78, 5) is 12.7. The van der Waals surface area contributed by atoms with E-state index in [2.05, 4.69) is 22.1 Å². The summed E-state index contributed by atoms with van der Waals surface area (Å²) < 4.78 is 7.18. The summed E-state index contributed by atoms with van der Waals surface area (Å²) in [7, 11) is 1.63. The highest BCUT2D eigenvalue weighted by atomic mass is 32.2. The predicted octanol–water partition coefficient (Wildman–Crippen LogP) is 3.78. The molecule has 3 aromatic rings. The molecule has 2 aromatic carbocycles. The van der Waals surface area contributed by atoms with E-state index in [1.165, 1.54) is 11.8 Å². The Morgan fingerprint density at radius 3 is 2.52 bits per heavy atom. The zero-order chi connectivity index (χ0) is 20.6. The van der Waals surface area contributed by atoms with Crippen LogP contribution >= 0.6 is 11.8 Å². The summed E-state index contributed by atoms with van der Waals surface area (Å²) in [5.41, 5.74) is 2.00. The molecule has 0 unspecified atom stereocenters. The fraction of sp³-hybridized carbons (Fsp3) is 0.227. The molecule has 0 fully saturated rings. The van der Waals surface area contributed by atoms with E-state index >= 15 is 0 Å². The second-order valence-corrected chi connectivity index (χ2v) is 7.34. The summed E-state index contributed by atoms with van der Waals surface area (Å²) in [5, 5.41) is 12.1. The Bertz CT molecular complexity index is 955. The maximum atomic E-state index is 12.7. The molecule has 0 aliphatic rings. The van der Waals surface area contributed by atoms with Crippen LogP contribution in [0.1, 0.15) is 23.0 Å². The van der Waals surface area contributed by atoms with Crippen molar-refractivity contribution in [3.8, 4) is 5.75 Å². The first-order valence-electron chi connectivity index (χ1n) is 9.24. The van der Waals surface area contributed by atoms with Crippen LogP contribution in [0.5, 0.6) is 5.75 Å². The maximum Gasteiger partial charge on any atom is 0.231 e. The van der Waals surface area contributed by atoms with Crippen LogP contribution in [0.4, 0.5) is 0 Å². The van der Waals surface area contributed by atoms with Gasteiger partial charge in [0.05, 0.1) is 18.9 Å². The number of rotatable bonds is 9. The van der Waals surface area contributed by atoms with E-state index in [1.807, 2.05) is 66.1 Å². The second kappa shape index (κ2) is 9.93. The zero-order valence-electron chi connectivity index (χ0n) is 16.5. The molecule has 1 aromatic heterocycles. The number of thioether (sulfide) groups is 1. The van der Waals surface area contributed by atoms with Gasteiger partial charge in [0.15, 0.2) is 5.16 Å². The number of hydrogen-bond acceptors (Lipinski definition) is 5. The van der Waals surface area contributed by atoms with E-state index in [-0.39, 0.29) is 17.7 Å². The second-order valence-electron chi connectivity index (χ2n) is 6.40. The Hall–Kier alpha value is -3.06. The number of methoxy groups -OCH3 is 1. The van der Waals surface area contributed by atoms with Crippen LogP contribution in [-0.4, -0.2) is 33.5 Å². The highest BCUT2D eigenvalue weighted by molar-refractivity contribution is 7.99. The lowest BCUT2D eigenvalue weighted by atomic mass is 9.98. The van der Waals surface area contributed by atoms with Gasteiger partial charge in [-0.05, 0) is 30.2 Å². The van der Waals surface area contributed by atoms with Crippen molar-refractivity contribution < 1.29 is 9.53 Å². The molecule has 0 radical (unpaired) electrons. The van der Waals surface area contributed by atoms with Gasteiger partial charge in [0.25, 0.3) is 0 Å². The first-order chi connectivity index (χ1) is 14.1. The minimum atomic E-state index is -0.247. The highest BCUT2D eigenvalue weighted by Crippen LogP contribution is 2.25. The van der Waals surface area contributed by atoms with Gasteiger partial charge in [0.2, 0.25) is 5.91 Å². The Morgan fingerprint density at radius 2 is 1.86 bits per heavy atom. The number of aromatic nitrogens is 3. The number of amides is 1. The van der Waals surface area contributed by atoms with Crippen LogP contribution < -0.4 is 10.1 Å². The molecule has 0 saturated carbocycles. The van der Waals surface area contributed by atoms with Crippen molar-refractivity contribution in [2.24, 2.45) is 0 Å². The molecule has 1 atom stereocenters. The van der Waals surface area contributed by atoms with Crippen molar-refractivity contribution >= 4 is 17.7 Å². The van der Waals surface area contributed by atoms with Crippen LogP contribution in [0.25, 0.3) is 0 Å². The van der Waals surface area contributed by atoms with E-state index in [9.17, 15) is 4.79 Å². The van der Waals surface area contributed by atoms with Crippen LogP contribution in [0.3, 0.4) is 0 Å². The van der Waals surface area contributed by atoms with Gasteiger partial charge in [-0.15, -0.1) is 16.8 Å². The van der Waals surface area contributed by atoms with E-state index < -0.39 is 0 Å². The smallest absolute Gasteiger partial charge is 0.231 e. The zero-order valence-corrected chi connectivity index (χ0v) is 17.4. The summed E-state index contributed by atoms with van der Waals surface area (Å²) in [6.45, 7) is 6.26. The van der Waals surface area contributed by atoms with E-state index in [4.69, 9.17) is 4.74 Å². The van der Waals surface area contributed by atoms with Gasteiger partial charge in [-0.1, -0.05) is 60.3 Å². The Kier molecular flexibility index (Phi) is 7.08. The lowest BCUT2D eigenvalue weighted by Gasteiger charge is -2.20. The minimum absolute atomic E-state index is 0.0783. The SMILES string of the molecule is C=CCn1c(C)nnc1SCC(=O)N[C@@H](c1ccccc1)c1ccc(OC)cc1. The lowest BCUT2D eigenvalue weighted by Crippen LogP contribution is -2.30. The molecule has 0 aliphatic heterocycles. The van der Waals surface area contributed by atoms with E-state index in [1.54, 1.807) is 13.2 Å². The van der Waals surface area contributed by atoms with Gasteiger partial charge in [-0.3, -0.25) is 4.79 Å². The number of benzene rings is 2. The Labute approximate surface area is 175 Å². The number of allylic oxidation sites excluding steroid dienone is 1. The molecule has 3 rings (SSSR count). The first-order valence-corrected chi connectivity index (χ1v) is 10.2. The predicted molar refractivity (Wildman–Crippen MR) is 115 cm³/mol. The monoisotopic (exact) mass is 408 g/mol. The number of carbonyl (C=O) groups is 1. The Balaban J connectivity index is 1.73. The van der Waals surface area contributed by atoms with Gasteiger partial charge < -0.3 is 14.6 Å². The summed E-state index contributed by atoms with van der Waals surface area (Å²) in [6.07, 6.45) is 1.79. The van der Waals surface area contributed by atoms with Crippen molar-refractivity contribution in [2.45, 2.75) is 24.7 Å². The van der Waals surface area contributed by atoms with Crippen molar-refractivity contribution in [2.75, 3.05) is 12.9 Å². The van der Waals surface area contributed by atoms with Gasteiger partial charge in [0, 0.05) is 6.54 Å².